The van der Waals surface area contributed by atoms with Crippen LogP contribution in [-0.4, -0.2) is 18.5 Å². The summed E-state index contributed by atoms with van der Waals surface area (Å²) < 4.78 is 0. The zero-order valence-corrected chi connectivity index (χ0v) is 11.3. The number of amides is 1. The molecule has 4 nitrogen and oxygen atoms in total. The highest BCUT2D eigenvalue weighted by molar-refractivity contribution is 7.13. The van der Waals surface area contributed by atoms with E-state index in [-0.39, 0.29) is 17.6 Å². The van der Waals surface area contributed by atoms with Gasteiger partial charge in [-0.05, 0) is 17.9 Å². The molecule has 0 bridgehead atoms. The van der Waals surface area contributed by atoms with Gasteiger partial charge in [0.15, 0.2) is 5.78 Å². The lowest BCUT2D eigenvalue weighted by Gasteiger charge is -2.08. The van der Waals surface area contributed by atoms with E-state index in [1.807, 2.05) is 32.9 Å². The van der Waals surface area contributed by atoms with Crippen molar-refractivity contribution in [2.75, 3.05) is 5.32 Å². The van der Waals surface area contributed by atoms with Crippen molar-refractivity contribution in [2.45, 2.75) is 27.7 Å². The minimum Gasteiger partial charge on any atom is -0.324 e. The predicted octanol–water partition coefficient (Wildman–Crippen LogP) is 2.67. The highest BCUT2D eigenvalue weighted by Gasteiger charge is 2.16. The zero-order chi connectivity index (χ0) is 13.6. The zero-order valence-electron chi connectivity index (χ0n) is 10.5. The molecule has 0 fully saturated rings. The van der Waals surface area contributed by atoms with E-state index < -0.39 is 0 Å². The number of thiophene rings is 1. The lowest BCUT2D eigenvalue weighted by Crippen LogP contribution is -2.19. The Morgan fingerprint density at radius 3 is 2.29 bits per heavy atom. The second kappa shape index (κ2) is 6.96. The maximum atomic E-state index is 11.5. The van der Waals surface area contributed by atoms with Gasteiger partial charge in [-0.1, -0.05) is 13.8 Å². The van der Waals surface area contributed by atoms with Crippen LogP contribution in [0.2, 0.25) is 0 Å². The van der Waals surface area contributed by atoms with Gasteiger partial charge in [0.25, 0.3) is 0 Å². The van der Waals surface area contributed by atoms with Crippen LogP contribution in [0.15, 0.2) is 5.38 Å². The van der Waals surface area contributed by atoms with E-state index in [9.17, 15) is 9.59 Å². The first-order chi connectivity index (χ1) is 7.93. The Morgan fingerprint density at radius 2 is 1.88 bits per heavy atom. The third kappa shape index (κ3) is 4.11. The maximum Gasteiger partial charge on any atom is 0.226 e. The van der Waals surface area contributed by atoms with E-state index in [1.165, 1.54) is 18.3 Å². The van der Waals surface area contributed by atoms with Crippen LogP contribution in [0.3, 0.4) is 0 Å². The van der Waals surface area contributed by atoms with Crippen molar-refractivity contribution < 1.29 is 14.4 Å². The number of hydrogen-bond donors (Lipinski definition) is 1. The third-order valence-electron chi connectivity index (χ3n) is 2.07. The van der Waals surface area contributed by atoms with Crippen molar-refractivity contribution >= 4 is 35.5 Å². The van der Waals surface area contributed by atoms with Crippen molar-refractivity contribution in [1.82, 2.24) is 0 Å². The van der Waals surface area contributed by atoms with Crippen molar-refractivity contribution in [3.8, 4) is 0 Å². The standard InChI is InChI=1S/C11H15NO2S.CH2O/c1-6(2)11(14)12-9-7(3)5-15-10(9)8(4)13;1-2/h5-6H,1-4H3,(H,12,14);1H2. The molecule has 1 N–H and O–H groups in total. The molecule has 1 rings (SSSR count). The van der Waals surface area contributed by atoms with Crippen LogP contribution in [0.25, 0.3) is 0 Å². The summed E-state index contributed by atoms with van der Waals surface area (Å²) in [5, 5.41) is 4.67. The Kier molecular flexibility index (Phi) is 6.35. The number of Topliss-reactive ketones (excluding diaryl/α,β-unsaturated/α-hetero) is 1. The molecule has 1 aromatic heterocycles. The van der Waals surface area contributed by atoms with Gasteiger partial charge >= 0.3 is 0 Å². The monoisotopic (exact) mass is 255 g/mol. The van der Waals surface area contributed by atoms with E-state index >= 15 is 0 Å². The van der Waals surface area contributed by atoms with Gasteiger partial charge in [-0.2, -0.15) is 0 Å². The number of anilines is 1. The maximum absolute atomic E-state index is 11.5. The van der Waals surface area contributed by atoms with E-state index in [2.05, 4.69) is 5.32 Å². The minimum atomic E-state index is -0.0795. The molecule has 0 saturated heterocycles. The fraction of sp³-hybridized carbons (Fsp3) is 0.417. The number of carbonyl (C=O) groups excluding carboxylic acids is 3. The van der Waals surface area contributed by atoms with Crippen molar-refractivity contribution in [2.24, 2.45) is 5.92 Å². The predicted molar refractivity (Wildman–Crippen MR) is 69.6 cm³/mol. The van der Waals surface area contributed by atoms with Crippen LogP contribution in [0.4, 0.5) is 5.69 Å². The molecule has 94 valence electrons. The second-order valence-corrected chi connectivity index (χ2v) is 4.70. The molecule has 0 saturated carbocycles. The quantitative estimate of drug-likeness (QED) is 0.844. The average Bonchev–Trinajstić information content (AvgIpc) is 2.63. The van der Waals surface area contributed by atoms with Crippen molar-refractivity contribution in [1.29, 1.82) is 0 Å². The van der Waals surface area contributed by atoms with E-state index in [1.54, 1.807) is 0 Å². The molecule has 0 spiro atoms. The molecule has 17 heavy (non-hydrogen) atoms. The first-order valence-electron chi connectivity index (χ1n) is 5.12. The average molecular weight is 255 g/mol. The molecule has 0 atom stereocenters. The summed E-state index contributed by atoms with van der Waals surface area (Å²) >= 11 is 1.37. The molecule has 0 aromatic carbocycles. The molecule has 0 unspecified atom stereocenters. The van der Waals surface area contributed by atoms with Gasteiger partial charge in [-0.3, -0.25) is 9.59 Å². The number of ketones is 1. The minimum absolute atomic E-state index is 0.00726. The fourth-order valence-electron chi connectivity index (χ4n) is 1.13. The summed E-state index contributed by atoms with van der Waals surface area (Å²) in [6, 6.07) is 0. The summed E-state index contributed by atoms with van der Waals surface area (Å²) in [6.07, 6.45) is 0. The molecular weight excluding hydrogens is 238 g/mol. The van der Waals surface area contributed by atoms with Crippen LogP contribution in [0.5, 0.6) is 0 Å². The SMILES string of the molecule is C=O.CC(=O)c1scc(C)c1NC(=O)C(C)C. The van der Waals surface area contributed by atoms with Gasteiger partial charge in [0.2, 0.25) is 5.91 Å². The van der Waals surface area contributed by atoms with Gasteiger partial charge in [0.05, 0.1) is 10.6 Å². The number of nitrogens with one attached hydrogen (secondary N) is 1. The Balaban J connectivity index is 0.00000121. The molecule has 0 radical (unpaired) electrons. The van der Waals surface area contributed by atoms with Crippen LogP contribution in [0.1, 0.15) is 36.0 Å². The first-order valence-corrected chi connectivity index (χ1v) is 6.00. The summed E-state index contributed by atoms with van der Waals surface area (Å²) in [6.45, 7) is 9.05. The molecule has 0 aliphatic rings. The Hall–Kier alpha value is -1.49. The molecular formula is C12H17NO3S. The highest BCUT2D eigenvalue weighted by atomic mass is 32.1. The Morgan fingerprint density at radius 1 is 1.35 bits per heavy atom. The van der Waals surface area contributed by atoms with Gasteiger partial charge in [0.1, 0.15) is 6.79 Å². The van der Waals surface area contributed by atoms with Crippen LogP contribution < -0.4 is 5.32 Å². The summed E-state index contributed by atoms with van der Waals surface area (Å²) in [4.78, 5) is 31.4. The summed E-state index contributed by atoms with van der Waals surface area (Å²) in [5.74, 6) is -0.143. The highest BCUT2D eigenvalue weighted by Crippen LogP contribution is 2.28. The molecule has 0 aliphatic heterocycles. The number of carbonyl (C=O) groups is 3. The largest absolute Gasteiger partial charge is 0.324 e. The normalized spacial score (nSPS) is 9.47. The Bertz CT molecular complexity index is 410. The number of hydrogen-bond acceptors (Lipinski definition) is 4. The topological polar surface area (TPSA) is 63.2 Å². The lowest BCUT2D eigenvalue weighted by molar-refractivity contribution is -0.118. The molecule has 1 amide bonds. The number of rotatable bonds is 3. The van der Waals surface area contributed by atoms with Gasteiger partial charge in [0, 0.05) is 12.8 Å². The van der Waals surface area contributed by atoms with Gasteiger partial charge in [-0.15, -0.1) is 11.3 Å². The lowest BCUT2D eigenvalue weighted by atomic mass is 10.2. The number of aryl methyl sites for hydroxylation is 1. The molecule has 1 heterocycles. The van der Waals surface area contributed by atoms with Crippen LogP contribution in [-0.2, 0) is 9.59 Å². The molecule has 5 heteroatoms. The van der Waals surface area contributed by atoms with Crippen LogP contribution in [0, 0.1) is 12.8 Å². The fourth-order valence-corrected chi connectivity index (χ4v) is 2.03. The molecule has 0 aliphatic carbocycles. The van der Waals surface area contributed by atoms with Gasteiger partial charge < -0.3 is 10.1 Å². The van der Waals surface area contributed by atoms with Gasteiger partial charge in [-0.25, -0.2) is 0 Å². The summed E-state index contributed by atoms with van der Waals surface area (Å²) in [5.41, 5.74) is 1.62. The van der Waals surface area contributed by atoms with E-state index in [0.29, 0.717) is 10.6 Å². The smallest absolute Gasteiger partial charge is 0.226 e. The molecule has 1 aromatic rings. The Labute approximate surface area is 105 Å². The summed E-state index contributed by atoms with van der Waals surface area (Å²) in [7, 11) is 0. The van der Waals surface area contributed by atoms with Crippen LogP contribution >= 0.6 is 11.3 Å². The first kappa shape index (κ1) is 15.5. The third-order valence-corrected chi connectivity index (χ3v) is 3.27. The van der Waals surface area contributed by atoms with E-state index in [0.717, 1.165) is 5.56 Å². The van der Waals surface area contributed by atoms with Crippen molar-refractivity contribution in [3.63, 3.8) is 0 Å². The van der Waals surface area contributed by atoms with Crippen molar-refractivity contribution in [3.05, 3.63) is 15.8 Å². The van der Waals surface area contributed by atoms with E-state index in [4.69, 9.17) is 4.79 Å². The second-order valence-electron chi connectivity index (χ2n) is 3.82.